The average molecular weight is 326 g/mol. The zero-order valence-corrected chi connectivity index (χ0v) is 13.6. The SMILES string of the molecule is CSc1nc(=O)n(C(C)C)c(=O)n1Cc1ccc(Cl)cc1. The number of hydrogen-bond acceptors (Lipinski definition) is 4. The third kappa shape index (κ3) is 3.39. The number of aromatic nitrogens is 3. The van der Waals surface area contributed by atoms with Gasteiger partial charge in [0.05, 0.1) is 6.54 Å². The molecule has 0 unspecified atom stereocenters. The van der Waals surface area contributed by atoms with Crippen LogP contribution in [0.5, 0.6) is 0 Å². The molecule has 0 fully saturated rings. The topological polar surface area (TPSA) is 56.9 Å². The first kappa shape index (κ1) is 15.9. The second-order valence-corrected chi connectivity index (χ2v) is 6.05. The van der Waals surface area contributed by atoms with E-state index < -0.39 is 5.69 Å². The van der Waals surface area contributed by atoms with Gasteiger partial charge in [-0.1, -0.05) is 35.5 Å². The van der Waals surface area contributed by atoms with Crippen LogP contribution in [0, 0.1) is 0 Å². The molecule has 1 aromatic heterocycles. The molecule has 0 aliphatic heterocycles. The fourth-order valence-electron chi connectivity index (χ4n) is 1.99. The van der Waals surface area contributed by atoms with Crippen LogP contribution >= 0.6 is 23.4 Å². The Morgan fingerprint density at radius 1 is 1.24 bits per heavy atom. The summed E-state index contributed by atoms with van der Waals surface area (Å²) in [4.78, 5) is 28.4. The Bertz CT molecular complexity index is 750. The van der Waals surface area contributed by atoms with E-state index in [0.717, 1.165) is 10.1 Å². The van der Waals surface area contributed by atoms with Crippen LogP contribution in [0.15, 0.2) is 39.0 Å². The van der Waals surface area contributed by atoms with E-state index in [1.54, 1.807) is 32.2 Å². The van der Waals surface area contributed by atoms with E-state index in [-0.39, 0.29) is 11.7 Å². The number of thioether (sulfide) groups is 1. The lowest BCUT2D eigenvalue weighted by molar-refractivity contribution is 0.463. The standard InChI is InChI=1S/C14H16ClN3O2S/c1-9(2)18-12(19)16-13(21-3)17(14(18)20)8-10-4-6-11(15)7-5-10/h4-7,9H,8H2,1-3H3. The van der Waals surface area contributed by atoms with Gasteiger partial charge in [-0.3, -0.25) is 4.57 Å². The first-order valence-electron chi connectivity index (χ1n) is 6.46. The van der Waals surface area contributed by atoms with Gasteiger partial charge in [0, 0.05) is 11.1 Å². The maximum atomic E-state index is 12.5. The van der Waals surface area contributed by atoms with Crippen LogP contribution in [0.1, 0.15) is 25.5 Å². The van der Waals surface area contributed by atoms with E-state index >= 15 is 0 Å². The van der Waals surface area contributed by atoms with Crippen LogP contribution in [0.2, 0.25) is 5.02 Å². The summed E-state index contributed by atoms with van der Waals surface area (Å²) < 4.78 is 2.67. The summed E-state index contributed by atoms with van der Waals surface area (Å²) in [6.45, 7) is 3.93. The van der Waals surface area contributed by atoms with Gasteiger partial charge in [0.15, 0.2) is 5.16 Å². The molecule has 7 heteroatoms. The first-order chi connectivity index (χ1) is 9.93. The van der Waals surface area contributed by atoms with Gasteiger partial charge in [0.25, 0.3) is 0 Å². The van der Waals surface area contributed by atoms with Gasteiger partial charge < -0.3 is 0 Å². The second-order valence-electron chi connectivity index (χ2n) is 4.84. The minimum Gasteiger partial charge on any atom is -0.268 e. The molecular weight excluding hydrogens is 310 g/mol. The maximum Gasteiger partial charge on any atom is 0.354 e. The minimum atomic E-state index is -0.508. The van der Waals surface area contributed by atoms with Crippen LogP contribution in [0.3, 0.4) is 0 Å². The quantitative estimate of drug-likeness (QED) is 0.810. The van der Waals surface area contributed by atoms with Gasteiger partial charge in [-0.05, 0) is 37.8 Å². The Morgan fingerprint density at radius 2 is 1.86 bits per heavy atom. The Kier molecular flexibility index (Phi) is 4.90. The minimum absolute atomic E-state index is 0.232. The van der Waals surface area contributed by atoms with Gasteiger partial charge in [-0.15, -0.1) is 0 Å². The van der Waals surface area contributed by atoms with Crippen LogP contribution in [0.25, 0.3) is 0 Å². The molecule has 2 rings (SSSR count). The highest BCUT2D eigenvalue weighted by Gasteiger charge is 2.14. The van der Waals surface area contributed by atoms with Crippen molar-refractivity contribution in [3.8, 4) is 0 Å². The maximum absolute atomic E-state index is 12.5. The first-order valence-corrected chi connectivity index (χ1v) is 8.06. The third-order valence-corrected chi connectivity index (χ3v) is 3.95. The molecule has 2 aromatic rings. The fraction of sp³-hybridized carbons (Fsp3) is 0.357. The molecule has 1 heterocycles. The summed E-state index contributed by atoms with van der Waals surface area (Å²) in [5, 5.41) is 1.05. The number of nitrogens with zero attached hydrogens (tertiary/aromatic N) is 3. The van der Waals surface area contributed by atoms with Crippen LogP contribution in [-0.4, -0.2) is 20.4 Å². The van der Waals surface area contributed by atoms with Crippen LogP contribution < -0.4 is 11.4 Å². The van der Waals surface area contributed by atoms with Crippen molar-refractivity contribution < 1.29 is 0 Å². The monoisotopic (exact) mass is 325 g/mol. The Hall–Kier alpha value is -1.53. The molecule has 0 aliphatic carbocycles. The van der Waals surface area contributed by atoms with E-state index in [0.29, 0.717) is 16.7 Å². The second kappa shape index (κ2) is 6.49. The molecule has 112 valence electrons. The predicted octanol–water partition coefficient (Wildman–Crippen LogP) is 2.41. The van der Waals surface area contributed by atoms with Gasteiger partial charge in [0.2, 0.25) is 0 Å². The Balaban J connectivity index is 2.56. The number of halogens is 1. The van der Waals surface area contributed by atoms with Crippen molar-refractivity contribution in [3.63, 3.8) is 0 Å². The molecule has 0 bridgehead atoms. The number of rotatable bonds is 4. The summed E-state index contributed by atoms with van der Waals surface area (Å²) in [6, 6.07) is 7.01. The highest BCUT2D eigenvalue weighted by molar-refractivity contribution is 7.98. The van der Waals surface area contributed by atoms with E-state index in [4.69, 9.17) is 11.6 Å². The molecule has 0 radical (unpaired) electrons. The van der Waals surface area contributed by atoms with Gasteiger partial charge in [-0.2, -0.15) is 4.98 Å². The van der Waals surface area contributed by atoms with Crippen molar-refractivity contribution in [1.29, 1.82) is 0 Å². The fourth-order valence-corrected chi connectivity index (χ4v) is 2.65. The molecule has 5 nitrogen and oxygen atoms in total. The van der Waals surface area contributed by atoms with Crippen molar-refractivity contribution in [2.24, 2.45) is 0 Å². The summed E-state index contributed by atoms with van der Waals surface area (Å²) in [7, 11) is 0. The Morgan fingerprint density at radius 3 is 2.38 bits per heavy atom. The molecular formula is C14H16ClN3O2S. The van der Waals surface area contributed by atoms with Crippen molar-refractivity contribution in [3.05, 3.63) is 55.8 Å². The van der Waals surface area contributed by atoms with E-state index in [9.17, 15) is 9.59 Å². The van der Waals surface area contributed by atoms with Gasteiger partial charge >= 0.3 is 11.4 Å². The smallest absolute Gasteiger partial charge is 0.268 e. The van der Waals surface area contributed by atoms with Gasteiger partial charge in [0.1, 0.15) is 0 Å². The zero-order valence-electron chi connectivity index (χ0n) is 12.0. The van der Waals surface area contributed by atoms with Crippen LogP contribution in [-0.2, 0) is 6.54 Å². The van der Waals surface area contributed by atoms with Crippen LogP contribution in [0.4, 0.5) is 0 Å². The molecule has 21 heavy (non-hydrogen) atoms. The normalized spacial score (nSPS) is 11.1. The number of hydrogen-bond donors (Lipinski definition) is 0. The van der Waals surface area contributed by atoms with Gasteiger partial charge in [-0.25, -0.2) is 14.2 Å². The summed E-state index contributed by atoms with van der Waals surface area (Å²) in [5.74, 6) is 0. The molecule has 0 saturated heterocycles. The molecule has 0 amide bonds. The molecule has 0 spiro atoms. The zero-order chi connectivity index (χ0) is 15.6. The largest absolute Gasteiger partial charge is 0.354 e. The third-order valence-electron chi connectivity index (χ3n) is 3.02. The average Bonchev–Trinajstić information content (AvgIpc) is 2.43. The lowest BCUT2D eigenvalue weighted by Crippen LogP contribution is -2.43. The molecule has 0 saturated carbocycles. The number of benzene rings is 1. The summed E-state index contributed by atoms with van der Waals surface area (Å²) in [6.07, 6.45) is 1.79. The van der Waals surface area contributed by atoms with E-state index in [2.05, 4.69) is 4.98 Å². The van der Waals surface area contributed by atoms with Crippen molar-refractivity contribution in [1.82, 2.24) is 14.1 Å². The van der Waals surface area contributed by atoms with Crippen molar-refractivity contribution in [2.75, 3.05) is 6.26 Å². The molecule has 0 aliphatic rings. The summed E-state index contributed by atoms with van der Waals surface area (Å²) >= 11 is 7.14. The van der Waals surface area contributed by atoms with E-state index in [1.807, 2.05) is 12.1 Å². The van der Waals surface area contributed by atoms with Crippen molar-refractivity contribution in [2.45, 2.75) is 31.6 Å². The molecule has 0 atom stereocenters. The van der Waals surface area contributed by atoms with Crippen molar-refractivity contribution >= 4 is 23.4 Å². The van der Waals surface area contributed by atoms with E-state index in [1.165, 1.54) is 16.3 Å². The highest BCUT2D eigenvalue weighted by Crippen LogP contribution is 2.13. The summed E-state index contributed by atoms with van der Waals surface area (Å²) in [5.41, 5.74) is 0.0727. The Labute approximate surface area is 131 Å². The predicted molar refractivity (Wildman–Crippen MR) is 85.5 cm³/mol. The highest BCUT2D eigenvalue weighted by atomic mass is 35.5. The lowest BCUT2D eigenvalue weighted by Gasteiger charge is -2.15. The molecule has 0 N–H and O–H groups in total. The molecule has 1 aromatic carbocycles. The lowest BCUT2D eigenvalue weighted by atomic mass is 10.2.